The van der Waals surface area contributed by atoms with E-state index < -0.39 is 0 Å². The molecule has 1 aromatic heterocycles. The second kappa shape index (κ2) is 5.01. The second-order valence-corrected chi connectivity index (χ2v) is 4.38. The molecule has 0 aliphatic carbocycles. The van der Waals surface area contributed by atoms with Crippen molar-refractivity contribution in [2.75, 3.05) is 5.75 Å². The molecule has 2 rings (SSSR count). The van der Waals surface area contributed by atoms with Crippen molar-refractivity contribution in [3.05, 3.63) is 30.6 Å². The van der Waals surface area contributed by atoms with Crippen molar-refractivity contribution < 1.29 is 9.59 Å². The molecule has 0 aliphatic rings. The van der Waals surface area contributed by atoms with Gasteiger partial charge in [-0.2, -0.15) is 0 Å². The summed E-state index contributed by atoms with van der Waals surface area (Å²) in [6.45, 7) is 1.31. The zero-order chi connectivity index (χ0) is 12.3. The highest BCUT2D eigenvalue weighted by Gasteiger charge is 2.06. The molecular weight excluding hydrogens is 238 g/mol. The molecule has 0 atom stereocenters. The van der Waals surface area contributed by atoms with Crippen LogP contribution in [0.5, 0.6) is 0 Å². The van der Waals surface area contributed by atoms with E-state index in [4.69, 9.17) is 0 Å². The Hall–Kier alpha value is -1.82. The maximum absolute atomic E-state index is 11.3. The van der Waals surface area contributed by atoms with Crippen LogP contribution in [0.2, 0.25) is 0 Å². The van der Waals surface area contributed by atoms with Crippen molar-refractivity contribution in [1.29, 1.82) is 0 Å². The van der Waals surface area contributed by atoms with Crippen LogP contribution in [0.1, 0.15) is 6.92 Å². The number of nitrogens with one attached hydrogen (secondary N) is 1. The zero-order valence-corrected chi connectivity index (χ0v) is 10.0. The maximum atomic E-state index is 11.3. The summed E-state index contributed by atoms with van der Waals surface area (Å²) in [7, 11) is 0. The maximum Gasteiger partial charge on any atom is 0.238 e. The lowest BCUT2D eigenvalue weighted by Crippen LogP contribution is -2.29. The lowest BCUT2D eigenvalue weighted by molar-refractivity contribution is -0.127. The van der Waals surface area contributed by atoms with Gasteiger partial charge in [-0.25, -0.2) is 4.98 Å². The second-order valence-electron chi connectivity index (χ2n) is 3.44. The quantitative estimate of drug-likeness (QED) is 0.887. The number of hydrogen-bond donors (Lipinski definition) is 1. The topological polar surface area (TPSA) is 64.0 Å². The molecule has 0 spiro atoms. The standard InChI is InChI=1S/C11H11N3O2S/c1-8(15)13-11(16)6-17-14-7-12-9-4-2-3-5-10(9)14/h2-5,7H,6H2,1H3,(H,13,15,16). The number of hydrogen-bond acceptors (Lipinski definition) is 4. The first-order valence-corrected chi connectivity index (χ1v) is 5.97. The first kappa shape index (κ1) is 11.7. The minimum Gasteiger partial charge on any atom is -0.296 e. The van der Waals surface area contributed by atoms with Gasteiger partial charge in [0.05, 0.1) is 16.8 Å². The number of imide groups is 1. The molecule has 0 aliphatic heterocycles. The van der Waals surface area contributed by atoms with Crippen LogP contribution < -0.4 is 5.32 Å². The fourth-order valence-electron chi connectivity index (χ4n) is 1.40. The van der Waals surface area contributed by atoms with Crippen LogP contribution in [0.15, 0.2) is 30.6 Å². The van der Waals surface area contributed by atoms with Crippen molar-refractivity contribution in [2.24, 2.45) is 0 Å². The van der Waals surface area contributed by atoms with E-state index in [1.54, 1.807) is 6.33 Å². The van der Waals surface area contributed by atoms with E-state index in [9.17, 15) is 9.59 Å². The average molecular weight is 249 g/mol. The van der Waals surface area contributed by atoms with Crippen LogP contribution in [0.25, 0.3) is 11.0 Å². The van der Waals surface area contributed by atoms with E-state index >= 15 is 0 Å². The molecule has 1 N–H and O–H groups in total. The van der Waals surface area contributed by atoms with E-state index in [0.717, 1.165) is 11.0 Å². The number of rotatable bonds is 3. The van der Waals surface area contributed by atoms with Crippen LogP contribution in [-0.2, 0) is 9.59 Å². The number of para-hydroxylation sites is 2. The van der Waals surface area contributed by atoms with Gasteiger partial charge in [0.2, 0.25) is 11.8 Å². The number of fused-ring (bicyclic) bond motifs is 1. The van der Waals surface area contributed by atoms with Crippen molar-refractivity contribution in [1.82, 2.24) is 14.3 Å². The zero-order valence-electron chi connectivity index (χ0n) is 9.21. The Morgan fingerprint density at radius 1 is 1.41 bits per heavy atom. The van der Waals surface area contributed by atoms with E-state index in [-0.39, 0.29) is 17.6 Å². The van der Waals surface area contributed by atoms with Crippen LogP contribution in [0.3, 0.4) is 0 Å². The summed E-state index contributed by atoms with van der Waals surface area (Å²) in [6, 6.07) is 7.66. The van der Waals surface area contributed by atoms with E-state index in [1.807, 2.05) is 28.2 Å². The van der Waals surface area contributed by atoms with Crippen molar-refractivity contribution in [2.45, 2.75) is 6.92 Å². The number of carbonyl (C=O) groups excluding carboxylic acids is 2. The van der Waals surface area contributed by atoms with Gasteiger partial charge in [-0.15, -0.1) is 0 Å². The van der Waals surface area contributed by atoms with Gasteiger partial charge in [-0.1, -0.05) is 12.1 Å². The molecule has 0 saturated carbocycles. The third kappa shape index (κ3) is 2.85. The Bertz CT molecular complexity index is 565. The summed E-state index contributed by atoms with van der Waals surface area (Å²) in [5.41, 5.74) is 1.83. The van der Waals surface area contributed by atoms with Crippen molar-refractivity contribution in [3.63, 3.8) is 0 Å². The van der Waals surface area contributed by atoms with Gasteiger partial charge >= 0.3 is 0 Å². The first-order valence-electron chi connectivity index (χ1n) is 5.02. The Morgan fingerprint density at radius 3 is 2.94 bits per heavy atom. The summed E-state index contributed by atoms with van der Waals surface area (Å²) < 4.78 is 1.81. The molecule has 0 fully saturated rings. The van der Waals surface area contributed by atoms with E-state index in [1.165, 1.54) is 18.9 Å². The van der Waals surface area contributed by atoms with E-state index in [0.29, 0.717) is 0 Å². The Balaban J connectivity index is 2.04. The molecule has 2 amide bonds. The van der Waals surface area contributed by atoms with Gasteiger partial charge in [-0.05, 0) is 24.1 Å². The normalized spacial score (nSPS) is 10.4. The minimum atomic E-state index is -0.342. The highest BCUT2D eigenvalue weighted by molar-refractivity contribution is 7.98. The smallest absolute Gasteiger partial charge is 0.238 e. The monoisotopic (exact) mass is 249 g/mol. The first-order chi connectivity index (χ1) is 8.16. The third-order valence-corrected chi connectivity index (χ3v) is 3.03. The van der Waals surface area contributed by atoms with Gasteiger partial charge in [0, 0.05) is 6.92 Å². The summed E-state index contributed by atoms with van der Waals surface area (Å²) >= 11 is 1.30. The van der Waals surface area contributed by atoms with Crippen molar-refractivity contribution >= 4 is 34.8 Å². The number of nitrogens with zero attached hydrogens (tertiary/aromatic N) is 2. The molecule has 88 valence electrons. The number of aromatic nitrogens is 2. The summed E-state index contributed by atoms with van der Waals surface area (Å²) in [5.74, 6) is -0.466. The van der Waals surface area contributed by atoms with Gasteiger partial charge in [0.25, 0.3) is 0 Å². The predicted octanol–water partition coefficient (Wildman–Crippen LogP) is 1.20. The number of carbonyl (C=O) groups is 2. The minimum absolute atomic E-state index is 0.180. The Morgan fingerprint density at radius 2 is 2.18 bits per heavy atom. The van der Waals surface area contributed by atoms with Crippen LogP contribution in [0.4, 0.5) is 0 Å². The fraction of sp³-hybridized carbons (Fsp3) is 0.182. The SMILES string of the molecule is CC(=O)NC(=O)CSn1cnc2ccccc21. The molecule has 0 bridgehead atoms. The highest BCUT2D eigenvalue weighted by Crippen LogP contribution is 2.17. The van der Waals surface area contributed by atoms with Crippen LogP contribution >= 0.6 is 11.9 Å². The third-order valence-electron chi connectivity index (χ3n) is 2.07. The molecule has 0 radical (unpaired) electrons. The molecular formula is C11H11N3O2S. The summed E-state index contributed by atoms with van der Waals surface area (Å²) in [6.07, 6.45) is 1.66. The molecule has 2 aromatic rings. The van der Waals surface area contributed by atoms with Gasteiger partial charge in [0.1, 0.15) is 6.33 Å². The van der Waals surface area contributed by atoms with Crippen LogP contribution in [0, 0.1) is 0 Å². The summed E-state index contributed by atoms with van der Waals surface area (Å²) in [5, 5.41) is 2.22. The molecule has 5 nitrogen and oxygen atoms in total. The fourth-order valence-corrected chi connectivity index (χ4v) is 2.14. The molecule has 6 heteroatoms. The average Bonchev–Trinajstić information content (AvgIpc) is 2.69. The van der Waals surface area contributed by atoms with Crippen LogP contribution in [-0.4, -0.2) is 26.5 Å². The number of benzene rings is 1. The number of amides is 2. The number of imidazole rings is 1. The lowest BCUT2D eigenvalue weighted by Gasteiger charge is -2.02. The largest absolute Gasteiger partial charge is 0.296 e. The molecule has 0 unspecified atom stereocenters. The molecule has 1 aromatic carbocycles. The Kier molecular flexibility index (Phi) is 3.43. The molecule has 1 heterocycles. The lowest BCUT2D eigenvalue weighted by atomic mass is 10.3. The highest BCUT2D eigenvalue weighted by atomic mass is 32.2. The summed E-state index contributed by atoms with van der Waals surface area (Å²) in [4.78, 5) is 26.2. The predicted molar refractivity (Wildman–Crippen MR) is 66.4 cm³/mol. The van der Waals surface area contributed by atoms with Gasteiger partial charge in [0.15, 0.2) is 0 Å². The molecule has 0 saturated heterocycles. The van der Waals surface area contributed by atoms with Crippen molar-refractivity contribution in [3.8, 4) is 0 Å². The molecule has 17 heavy (non-hydrogen) atoms. The van der Waals surface area contributed by atoms with Gasteiger partial charge in [-0.3, -0.25) is 18.9 Å². The van der Waals surface area contributed by atoms with E-state index in [2.05, 4.69) is 10.3 Å². The Labute approximate surface area is 102 Å². The van der Waals surface area contributed by atoms with Gasteiger partial charge < -0.3 is 0 Å².